The second kappa shape index (κ2) is 9.01. The molecule has 31 heavy (non-hydrogen) atoms. The fraction of sp³-hybridized carbons (Fsp3) is 0.310. The first-order chi connectivity index (χ1) is 14.9. The average Bonchev–Trinajstić information content (AvgIpc) is 3.27. The Morgan fingerprint density at radius 2 is 1.74 bits per heavy atom. The van der Waals surface area contributed by atoms with Gasteiger partial charge < -0.3 is 8.97 Å². The summed E-state index contributed by atoms with van der Waals surface area (Å²) in [6.45, 7) is 21.6. The van der Waals surface area contributed by atoms with Crippen LogP contribution < -0.4 is 15.8 Å². The number of aryl methyl sites for hydroxylation is 2. The predicted octanol–water partition coefficient (Wildman–Crippen LogP) is 5.10. The Morgan fingerprint density at radius 1 is 1.03 bits per heavy atom. The molecule has 0 aliphatic rings. The van der Waals surface area contributed by atoms with E-state index < -0.39 is 0 Å². The van der Waals surface area contributed by atoms with Gasteiger partial charge in [-0.1, -0.05) is 63.5 Å². The summed E-state index contributed by atoms with van der Waals surface area (Å²) in [5, 5.41) is 6.07. The Balaban J connectivity index is 2.86. The van der Waals surface area contributed by atoms with Gasteiger partial charge in [-0.3, -0.25) is 0 Å². The van der Waals surface area contributed by atoms with E-state index >= 15 is 0 Å². The summed E-state index contributed by atoms with van der Waals surface area (Å²) in [6.07, 6.45) is 17.1. The van der Waals surface area contributed by atoms with Crippen LogP contribution in [0.15, 0.2) is 24.8 Å². The third kappa shape index (κ3) is 3.35. The van der Waals surface area contributed by atoms with Gasteiger partial charge in [0.25, 0.3) is 0 Å². The maximum Gasteiger partial charge on any atom is 0.0594 e. The Kier molecular flexibility index (Phi) is 6.59. The van der Waals surface area contributed by atoms with Crippen molar-refractivity contribution in [3.63, 3.8) is 0 Å². The van der Waals surface area contributed by atoms with Crippen LogP contribution in [0, 0.1) is 24.4 Å². The molecule has 0 radical (unpaired) electrons. The van der Waals surface area contributed by atoms with Gasteiger partial charge in [0.1, 0.15) is 0 Å². The maximum atomic E-state index is 4.57. The number of hydrogen-bond donors (Lipinski definition) is 0. The molecule has 0 saturated heterocycles. The summed E-state index contributed by atoms with van der Waals surface area (Å²) in [5.41, 5.74) is 7.67. The number of rotatable bonds is 5. The van der Waals surface area contributed by atoms with E-state index in [1.54, 1.807) is 0 Å². The summed E-state index contributed by atoms with van der Waals surface area (Å²) < 4.78 is 4.76. The standard InChI is InChI=1S/C29H36N2/c1-10-15-18-23-20(7)28(30(9)25(23)14-5)27-24(16-11-2)21(8)31-26(17-12-3)22(13-4)19(6)29(27)31/h11-13,15-18H,3,7,10,14H2,1-2,4-6,8-9H3/b16-11-,18-15-,22-13-,26-17+,28-27+. The van der Waals surface area contributed by atoms with E-state index in [1.165, 1.54) is 54.7 Å². The van der Waals surface area contributed by atoms with Crippen molar-refractivity contribution in [2.45, 2.75) is 54.4 Å². The molecule has 0 bridgehead atoms. The minimum absolute atomic E-state index is 0.973. The quantitative estimate of drug-likeness (QED) is 0.552. The highest BCUT2D eigenvalue weighted by atomic mass is 15.0. The van der Waals surface area contributed by atoms with Crippen LogP contribution in [-0.2, 0) is 13.5 Å². The smallest absolute Gasteiger partial charge is 0.0594 e. The molecular formula is C29H36N2. The first kappa shape index (κ1) is 22.7. The van der Waals surface area contributed by atoms with E-state index in [0.29, 0.717) is 0 Å². The number of nitrogens with zero attached hydrogens (tertiary/aromatic N) is 2. The second-order valence-corrected chi connectivity index (χ2v) is 8.08. The summed E-state index contributed by atoms with van der Waals surface area (Å²) in [6, 6.07) is 0. The van der Waals surface area contributed by atoms with Gasteiger partial charge in [-0.15, -0.1) is 0 Å². The molecule has 0 unspecified atom stereocenters. The zero-order valence-corrected chi connectivity index (χ0v) is 20.3. The third-order valence-corrected chi connectivity index (χ3v) is 6.38. The zero-order valence-electron chi connectivity index (χ0n) is 20.3. The second-order valence-electron chi connectivity index (χ2n) is 8.08. The van der Waals surface area contributed by atoms with Crippen LogP contribution in [0.25, 0.3) is 36.4 Å². The lowest BCUT2D eigenvalue weighted by atomic mass is 10.1. The lowest BCUT2D eigenvalue weighted by Crippen LogP contribution is -2.26. The van der Waals surface area contributed by atoms with Crippen LogP contribution in [0.4, 0.5) is 0 Å². The molecule has 0 fully saturated rings. The zero-order chi connectivity index (χ0) is 22.9. The molecule has 3 rings (SSSR count). The highest BCUT2D eigenvalue weighted by molar-refractivity contribution is 5.71. The number of allylic oxidation sites excluding steroid dienone is 3. The fourth-order valence-electron chi connectivity index (χ4n) is 5.05. The molecule has 0 saturated carbocycles. The van der Waals surface area contributed by atoms with Crippen molar-refractivity contribution in [1.29, 1.82) is 0 Å². The first-order valence-corrected chi connectivity index (χ1v) is 11.3. The highest BCUT2D eigenvalue weighted by Crippen LogP contribution is 2.23. The van der Waals surface area contributed by atoms with E-state index in [9.17, 15) is 0 Å². The molecule has 0 atom stereocenters. The fourth-order valence-corrected chi connectivity index (χ4v) is 5.05. The third-order valence-electron chi connectivity index (χ3n) is 6.38. The summed E-state index contributed by atoms with van der Waals surface area (Å²) in [5.74, 6) is 0. The molecule has 0 aromatic carbocycles. The Bertz CT molecular complexity index is 1470. The molecule has 3 heterocycles. The molecule has 162 valence electrons. The molecule has 0 spiro atoms. The molecule has 0 N–H and O–H groups in total. The van der Waals surface area contributed by atoms with Crippen LogP contribution in [0.5, 0.6) is 0 Å². The van der Waals surface area contributed by atoms with Gasteiger partial charge in [0.2, 0.25) is 0 Å². The van der Waals surface area contributed by atoms with E-state index in [2.05, 4.69) is 107 Å². The Labute approximate surface area is 186 Å². The first-order valence-electron chi connectivity index (χ1n) is 11.3. The lowest BCUT2D eigenvalue weighted by molar-refractivity contribution is 0.811. The van der Waals surface area contributed by atoms with Crippen LogP contribution in [-0.4, -0.2) is 8.97 Å². The van der Waals surface area contributed by atoms with Crippen molar-refractivity contribution in [2.24, 2.45) is 7.05 Å². The minimum atomic E-state index is 0.973. The van der Waals surface area contributed by atoms with Gasteiger partial charge >= 0.3 is 0 Å². The Morgan fingerprint density at radius 3 is 2.29 bits per heavy atom. The van der Waals surface area contributed by atoms with Gasteiger partial charge in [0, 0.05) is 40.0 Å². The van der Waals surface area contributed by atoms with E-state index in [0.717, 1.165) is 18.1 Å². The van der Waals surface area contributed by atoms with Gasteiger partial charge in [-0.25, -0.2) is 0 Å². The molecule has 2 nitrogen and oxygen atoms in total. The number of fused-ring (bicyclic) bond motifs is 1. The molecule has 0 amide bonds. The number of aromatic nitrogens is 2. The highest BCUT2D eigenvalue weighted by Gasteiger charge is 2.18. The van der Waals surface area contributed by atoms with Crippen molar-refractivity contribution in [1.82, 2.24) is 8.97 Å². The van der Waals surface area contributed by atoms with E-state index in [4.69, 9.17) is 0 Å². The van der Waals surface area contributed by atoms with Gasteiger partial charge in [0.15, 0.2) is 0 Å². The van der Waals surface area contributed by atoms with Crippen molar-refractivity contribution >= 4 is 36.4 Å². The summed E-state index contributed by atoms with van der Waals surface area (Å²) >= 11 is 0. The molecule has 0 aliphatic heterocycles. The molecule has 3 aromatic heterocycles. The topological polar surface area (TPSA) is 9.34 Å². The van der Waals surface area contributed by atoms with E-state index in [-0.39, 0.29) is 0 Å². The monoisotopic (exact) mass is 412 g/mol. The lowest BCUT2D eigenvalue weighted by Gasteiger charge is -2.02. The molecular weight excluding hydrogens is 376 g/mol. The summed E-state index contributed by atoms with van der Waals surface area (Å²) in [4.78, 5) is 0. The Hall–Kier alpha value is -3.00. The van der Waals surface area contributed by atoms with Crippen LogP contribution in [0.3, 0.4) is 0 Å². The van der Waals surface area contributed by atoms with Crippen molar-refractivity contribution in [2.75, 3.05) is 0 Å². The van der Waals surface area contributed by atoms with Crippen molar-refractivity contribution in [3.8, 4) is 0 Å². The molecule has 0 aliphatic carbocycles. The van der Waals surface area contributed by atoms with Crippen LogP contribution in [0.2, 0.25) is 0 Å². The summed E-state index contributed by atoms with van der Waals surface area (Å²) in [7, 11) is 2.19. The van der Waals surface area contributed by atoms with E-state index in [1.807, 2.05) is 6.08 Å². The van der Waals surface area contributed by atoms with Crippen LogP contribution in [0.1, 0.15) is 62.2 Å². The SMILES string of the molecule is C=C/C=c1\c(=C/C)c(C)c2/c(=c3\c(=C)c(/C=C\CC)c(CC)n3C)c(/C=C\C)c(C)n12. The van der Waals surface area contributed by atoms with Crippen molar-refractivity contribution < 1.29 is 0 Å². The van der Waals surface area contributed by atoms with Gasteiger partial charge in [-0.2, -0.15) is 0 Å². The normalized spacial score (nSPS) is 14.8. The van der Waals surface area contributed by atoms with Gasteiger partial charge in [0.05, 0.1) is 16.2 Å². The maximum absolute atomic E-state index is 4.57. The minimum Gasteiger partial charge on any atom is -0.347 e. The predicted molar refractivity (Wildman–Crippen MR) is 138 cm³/mol. The molecule has 3 aromatic rings. The van der Waals surface area contributed by atoms with Gasteiger partial charge in [-0.05, 0) is 57.4 Å². The average molecular weight is 413 g/mol. The van der Waals surface area contributed by atoms with Crippen molar-refractivity contribution in [3.05, 3.63) is 79.2 Å². The number of hydrogen-bond acceptors (Lipinski definition) is 0. The van der Waals surface area contributed by atoms with Crippen LogP contribution >= 0.6 is 0 Å². The molecule has 2 heteroatoms. The largest absolute Gasteiger partial charge is 0.347 e.